The van der Waals surface area contributed by atoms with Gasteiger partial charge in [-0.1, -0.05) is 12.1 Å². The van der Waals surface area contributed by atoms with Crippen LogP contribution in [-0.4, -0.2) is 56.7 Å². The quantitative estimate of drug-likeness (QED) is 0.332. The molecule has 1 atom stereocenters. The molecule has 0 fully saturated rings. The number of nitrogens with two attached hydrogens (primary N) is 1. The molecule has 0 bridgehead atoms. The molecule has 0 heterocycles. The van der Waals surface area contributed by atoms with Crippen molar-refractivity contribution in [1.82, 2.24) is 4.72 Å². The van der Waals surface area contributed by atoms with Crippen molar-refractivity contribution in [2.75, 3.05) is 37.0 Å². The highest BCUT2D eigenvalue weighted by atomic mass is 32.2. The molecule has 0 amide bonds. The number of sulfonamides is 1. The van der Waals surface area contributed by atoms with Crippen molar-refractivity contribution in [3.05, 3.63) is 48.0 Å². The van der Waals surface area contributed by atoms with Gasteiger partial charge in [0.05, 0.1) is 16.8 Å². The Kier molecular flexibility index (Phi) is 8.10. The highest BCUT2D eigenvalue weighted by Crippen LogP contribution is 2.26. The number of aliphatic imine (C=N–C) groups is 1. The third-order valence-corrected chi connectivity index (χ3v) is 6.43. The molecule has 1 unspecified atom stereocenters. The molecule has 0 aliphatic carbocycles. The van der Waals surface area contributed by atoms with Crippen LogP contribution in [0.5, 0.6) is 5.75 Å². The molecule has 0 aliphatic heterocycles. The first-order valence-corrected chi connectivity index (χ1v) is 13.7. The van der Waals surface area contributed by atoms with E-state index < -0.39 is 19.5 Å². The Bertz CT molecular complexity index is 1160. The van der Waals surface area contributed by atoms with Crippen LogP contribution in [0.4, 0.5) is 11.4 Å². The Morgan fingerprint density at radius 2 is 1.87 bits per heavy atom. The van der Waals surface area contributed by atoms with Crippen molar-refractivity contribution in [1.29, 1.82) is 0 Å². The lowest BCUT2D eigenvalue weighted by molar-refractivity contribution is 0.527. The molecule has 0 radical (unpaired) electrons. The number of para-hydroxylation sites is 1. The van der Waals surface area contributed by atoms with E-state index in [1.165, 1.54) is 6.26 Å². The van der Waals surface area contributed by atoms with E-state index in [0.29, 0.717) is 29.4 Å². The molecular weight excluding hydrogens is 436 g/mol. The number of hydrogen-bond donors (Lipinski definition) is 2. The number of amidine groups is 1. The van der Waals surface area contributed by atoms with Crippen molar-refractivity contribution in [3.63, 3.8) is 0 Å². The van der Waals surface area contributed by atoms with Crippen molar-refractivity contribution in [3.8, 4) is 5.75 Å². The molecule has 0 aliphatic rings. The molecule has 0 aromatic heterocycles. The Morgan fingerprint density at radius 3 is 2.45 bits per heavy atom. The second-order valence-corrected chi connectivity index (χ2v) is 11.5. The van der Waals surface area contributed by atoms with E-state index in [-0.39, 0.29) is 6.02 Å². The number of nitrogens with zero attached hydrogens (tertiary/aromatic N) is 2. The molecule has 0 saturated heterocycles. The minimum absolute atomic E-state index is 0.0725. The van der Waals surface area contributed by atoms with E-state index in [0.717, 1.165) is 24.1 Å². The second kappa shape index (κ2) is 10.2. The van der Waals surface area contributed by atoms with Gasteiger partial charge in [-0.15, -0.1) is 0 Å². The van der Waals surface area contributed by atoms with Crippen LogP contribution >= 0.6 is 0 Å². The first-order chi connectivity index (χ1) is 14.4. The van der Waals surface area contributed by atoms with Gasteiger partial charge in [-0.3, -0.25) is 4.21 Å². The highest BCUT2D eigenvalue weighted by Gasteiger charge is 2.12. The summed E-state index contributed by atoms with van der Waals surface area (Å²) in [5, 5.41) is 0. The first-order valence-electron chi connectivity index (χ1n) is 9.64. The van der Waals surface area contributed by atoms with Gasteiger partial charge in [0.2, 0.25) is 10.0 Å². The molecule has 8 nitrogen and oxygen atoms in total. The van der Waals surface area contributed by atoms with Crippen molar-refractivity contribution in [2.45, 2.75) is 18.7 Å². The Labute approximate surface area is 185 Å². The van der Waals surface area contributed by atoms with E-state index in [4.69, 9.17) is 10.5 Å². The summed E-state index contributed by atoms with van der Waals surface area (Å²) in [6, 6.07) is 12.5. The van der Waals surface area contributed by atoms with Gasteiger partial charge in [0.1, 0.15) is 5.75 Å². The van der Waals surface area contributed by atoms with Gasteiger partial charge in [-0.2, -0.15) is 4.99 Å². The Balaban J connectivity index is 2.19. The Morgan fingerprint density at radius 1 is 1.19 bits per heavy atom. The molecule has 2 rings (SSSR count). The maximum absolute atomic E-state index is 12.3. The molecule has 3 N–H and O–H groups in total. The van der Waals surface area contributed by atoms with Gasteiger partial charge in [-0.25, -0.2) is 13.1 Å². The highest BCUT2D eigenvalue weighted by molar-refractivity contribution is 7.99. The van der Waals surface area contributed by atoms with E-state index in [2.05, 4.69) is 20.5 Å². The monoisotopic (exact) mass is 466 g/mol. The van der Waals surface area contributed by atoms with Crippen LogP contribution in [0.1, 0.15) is 12.5 Å². The molecule has 0 saturated carbocycles. The zero-order valence-corrected chi connectivity index (χ0v) is 19.9. The largest absolute Gasteiger partial charge is 0.425 e. The lowest BCUT2D eigenvalue weighted by Crippen LogP contribution is -2.34. The number of nitrogens with one attached hydrogen (secondary N) is 1. The smallest absolute Gasteiger partial charge is 0.292 e. The lowest BCUT2D eigenvalue weighted by atomic mass is 10.1. The third-order valence-electron chi connectivity index (χ3n) is 4.43. The lowest BCUT2D eigenvalue weighted by Gasteiger charge is -2.23. The van der Waals surface area contributed by atoms with Crippen LogP contribution in [0.25, 0.3) is 0 Å². The SMILES string of the molecule is C=S(C)(=O)c1ccccc1OC(N)=Nc1ccc(N(CC)CCNS(C)(=O)=O)cc1C. The van der Waals surface area contributed by atoms with Crippen molar-refractivity contribution in [2.24, 2.45) is 10.7 Å². The number of likely N-dealkylation sites (N-methyl/N-ethyl adjacent to an activating group) is 1. The predicted molar refractivity (Wildman–Crippen MR) is 130 cm³/mol. The second-order valence-electron chi connectivity index (χ2n) is 7.22. The predicted octanol–water partition coefficient (Wildman–Crippen LogP) is 2.10. The van der Waals surface area contributed by atoms with Crippen LogP contribution in [0, 0.1) is 6.92 Å². The molecule has 2 aromatic carbocycles. The summed E-state index contributed by atoms with van der Waals surface area (Å²) in [7, 11) is -5.70. The van der Waals surface area contributed by atoms with Crippen LogP contribution in [-0.2, 0) is 19.5 Å². The van der Waals surface area contributed by atoms with Gasteiger partial charge < -0.3 is 15.4 Å². The number of benzene rings is 2. The average Bonchev–Trinajstić information content (AvgIpc) is 2.65. The standard InChI is InChI=1S/C21H30N4O4S2/c1-6-25(14-13-23-31(5,27)28)17-11-12-18(16(2)15-17)24-21(22)29-19-9-7-8-10-20(19)30(3,4)26/h7-12,15,23H,3,6,13-14H2,1-2,4-5H3,(H2,22,24). The van der Waals surface area contributed by atoms with Gasteiger partial charge >= 0.3 is 0 Å². The number of anilines is 1. The zero-order chi connectivity index (χ0) is 23.2. The van der Waals surface area contributed by atoms with Crippen LogP contribution in [0.2, 0.25) is 0 Å². The van der Waals surface area contributed by atoms with Gasteiger partial charge in [-0.05, 0) is 65.1 Å². The minimum Gasteiger partial charge on any atom is -0.425 e. The molecular formula is C21H30N4O4S2. The fourth-order valence-corrected chi connectivity index (χ4v) is 4.31. The van der Waals surface area contributed by atoms with Crippen LogP contribution < -0.4 is 20.1 Å². The van der Waals surface area contributed by atoms with E-state index >= 15 is 0 Å². The van der Waals surface area contributed by atoms with Crippen molar-refractivity contribution >= 4 is 42.8 Å². The van der Waals surface area contributed by atoms with Gasteiger partial charge in [0, 0.05) is 31.6 Å². The fraction of sp³-hybridized carbons (Fsp3) is 0.333. The summed E-state index contributed by atoms with van der Waals surface area (Å²) < 4.78 is 43.0. The summed E-state index contributed by atoms with van der Waals surface area (Å²) >= 11 is 0. The maximum Gasteiger partial charge on any atom is 0.292 e. The normalized spacial score (nSPS) is 14.1. The first kappa shape index (κ1) is 24.7. The number of ether oxygens (including phenoxy) is 1. The topological polar surface area (TPSA) is 114 Å². The summed E-state index contributed by atoms with van der Waals surface area (Å²) in [5.74, 6) is 4.06. The van der Waals surface area contributed by atoms with Gasteiger partial charge in [0.15, 0.2) is 0 Å². The summed E-state index contributed by atoms with van der Waals surface area (Å²) in [6.45, 7) is 5.48. The molecule has 31 heavy (non-hydrogen) atoms. The molecule has 170 valence electrons. The average molecular weight is 467 g/mol. The zero-order valence-electron chi connectivity index (χ0n) is 18.3. The molecule has 10 heteroatoms. The van der Waals surface area contributed by atoms with Crippen LogP contribution in [0.3, 0.4) is 0 Å². The summed E-state index contributed by atoms with van der Waals surface area (Å²) in [5.41, 5.74) is 8.45. The number of rotatable bonds is 9. The van der Waals surface area contributed by atoms with E-state index in [1.54, 1.807) is 24.3 Å². The minimum atomic E-state index is -3.22. The maximum atomic E-state index is 12.3. The summed E-state index contributed by atoms with van der Waals surface area (Å²) in [6.07, 6.45) is 2.68. The fourth-order valence-electron chi connectivity index (χ4n) is 2.94. The number of hydrogen-bond acceptors (Lipinski definition) is 6. The van der Waals surface area contributed by atoms with Crippen molar-refractivity contribution < 1.29 is 17.4 Å². The van der Waals surface area contributed by atoms with E-state index in [9.17, 15) is 12.6 Å². The third kappa shape index (κ3) is 7.57. The molecule has 2 aromatic rings. The summed E-state index contributed by atoms with van der Waals surface area (Å²) in [4.78, 5) is 6.88. The Hall–Kier alpha value is -2.56. The van der Waals surface area contributed by atoms with Gasteiger partial charge in [0.25, 0.3) is 6.02 Å². The van der Waals surface area contributed by atoms with E-state index in [1.807, 2.05) is 32.0 Å². The molecule has 0 spiro atoms. The number of aryl methyl sites for hydroxylation is 1. The van der Waals surface area contributed by atoms with Crippen LogP contribution in [0.15, 0.2) is 52.4 Å².